The van der Waals surface area contributed by atoms with Gasteiger partial charge in [-0.25, -0.2) is 4.98 Å². The maximum Gasteiger partial charge on any atom is 0.270 e. The summed E-state index contributed by atoms with van der Waals surface area (Å²) in [6, 6.07) is 15.7. The van der Waals surface area contributed by atoms with Gasteiger partial charge in [-0.15, -0.1) is 0 Å². The summed E-state index contributed by atoms with van der Waals surface area (Å²) >= 11 is 0. The molecule has 158 valence electrons. The number of rotatable bonds is 3. The van der Waals surface area contributed by atoms with Crippen LogP contribution in [0.3, 0.4) is 0 Å². The van der Waals surface area contributed by atoms with Crippen molar-refractivity contribution in [2.45, 2.75) is 45.7 Å². The third-order valence-electron chi connectivity index (χ3n) is 6.28. The predicted octanol–water partition coefficient (Wildman–Crippen LogP) is 4.02. The highest BCUT2D eigenvalue weighted by Gasteiger charge is 2.28. The lowest BCUT2D eigenvalue weighted by Gasteiger charge is -2.33. The van der Waals surface area contributed by atoms with Gasteiger partial charge in [-0.1, -0.05) is 36.4 Å². The van der Waals surface area contributed by atoms with Crippen molar-refractivity contribution >= 4 is 22.6 Å². The number of piperidine rings is 1. The third-order valence-corrected chi connectivity index (χ3v) is 6.28. The number of pyridine rings is 1. The van der Waals surface area contributed by atoms with Crippen LogP contribution >= 0.6 is 0 Å². The molecule has 1 atom stereocenters. The van der Waals surface area contributed by atoms with Crippen LogP contribution < -0.4 is 5.56 Å². The van der Waals surface area contributed by atoms with Gasteiger partial charge in [0.15, 0.2) is 0 Å². The van der Waals surface area contributed by atoms with Crippen LogP contribution in [0, 0.1) is 6.92 Å². The van der Waals surface area contributed by atoms with Crippen molar-refractivity contribution in [3.8, 4) is 0 Å². The van der Waals surface area contributed by atoms with Crippen LogP contribution in [-0.2, 0) is 6.54 Å². The second kappa shape index (κ2) is 7.69. The smallest absolute Gasteiger partial charge is 0.270 e. The van der Waals surface area contributed by atoms with E-state index >= 15 is 0 Å². The Morgan fingerprint density at radius 2 is 1.94 bits per heavy atom. The van der Waals surface area contributed by atoms with Gasteiger partial charge in [0.1, 0.15) is 17.0 Å². The standard InChI is InChI=1S/C25H26N4O2/c1-17-11-12-22-26-23-20(24(30)29(22)15-17)14-21(25(31)27-13-7-6-8-18(27)2)28(23)16-19-9-4-3-5-10-19/h3-5,9-12,14-15,18H,6-8,13,16H2,1-2H3/t18-/m0/s1. The van der Waals surface area contributed by atoms with Crippen molar-refractivity contribution in [2.24, 2.45) is 0 Å². The molecule has 0 bridgehead atoms. The lowest BCUT2D eigenvalue weighted by molar-refractivity contribution is 0.0625. The van der Waals surface area contributed by atoms with E-state index in [4.69, 9.17) is 4.98 Å². The molecule has 31 heavy (non-hydrogen) atoms. The first kappa shape index (κ1) is 19.5. The zero-order chi connectivity index (χ0) is 21.5. The Bertz CT molecular complexity index is 1340. The van der Waals surface area contributed by atoms with E-state index in [0.29, 0.717) is 28.9 Å². The summed E-state index contributed by atoms with van der Waals surface area (Å²) in [6.45, 7) is 5.29. The van der Waals surface area contributed by atoms with Crippen molar-refractivity contribution < 1.29 is 4.79 Å². The normalized spacial score (nSPS) is 16.8. The van der Waals surface area contributed by atoms with Crippen LogP contribution in [0.4, 0.5) is 0 Å². The van der Waals surface area contributed by atoms with E-state index in [9.17, 15) is 9.59 Å². The molecular formula is C25H26N4O2. The number of aromatic nitrogens is 3. The number of nitrogens with zero attached hydrogens (tertiary/aromatic N) is 4. The molecule has 6 nitrogen and oxygen atoms in total. The zero-order valence-corrected chi connectivity index (χ0v) is 17.9. The summed E-state index contributed by atoms with van der Waals surface area (Å²) in [5.74, 6) is -0.0224. The fourth-order valence-corrected chi connectivity index (χ4v) is 4.56. The van der Waals surface area contributed by atoms with Crippen LogP contribution in [0.5, 0.6) is 0 Å². The molecule has 1 aliphatic heterocycles. The second-order valence-electron chi connectivity index (χ2n) is 8.53. The van der Waals surface area contributed by atoms with Crippen molar-refractivity contribution in [3.63, 3.8) is 0 Å². The lowest BCUT2D eigenvalue weighted by Crippen LogP contribution is -2.42. The number of benzene rings is 1. The van der Waals surface area contributed by atoms with Gasteiger partial charge in [0, 0.05) is 25.3 Å². The van der Waals surface area contributed by atoms with E-state index in [-0.39, 0.29) is 17.5 Å². The van der Waals surface area contributed by atoms with E-state index in [2.05, 4.69) is 6.92 Å². The van der Waals surface area contributed by atoms with Gasteiger partial charge in [0.05, 0.1) is 5.39 Å². The van der Waals surface area contributed by atoms with Crippen molar-refractivity contribution in [1.29, 1.82) is 0 Å². The van der Waals surface area contributed by atoms with E-state index < -0.39 is 0 Å². The van der Waals surface area contributed by atoms with Gasteiger partial charge >= 0.3 is 0 Å². The lowest BCUT2D eigenvalue weighted by atomic mass is 10.0. The van der Waals surface area contributed by atoms with Gasteiger partial charge in [0.25, 0.3) is 11.5 Å². The summed E-state index contributed by atoms with van der Waals surface area (Å²) in [6.07, 6.45) is 4.96. The van der Waals surface area contributed by atoms with Crippen molar-refractivity contribution in [1.82, 2.24) is 18.9 Å². The molecule has 5 rings (SSSR count). The Kier molecular flexibility index (Phi) is 4.85. The number of carbonyl (C=O) groups excluding carboxylic acids is 1. The molecule has 1 aromatic carbocycles. The average Bonchev–Trinajstić information content (AvgIpc) is 3.13. The number of carbonyl (C=O) groups is 1. The van der Waals surface area contributed by atoms with Gasteiger partial charge < -0.3 is 9.47 Å². The first-order chi connectivity index (χ1) is 15.0. The highest BCUT2D eigenvalue weighted by atomic mass is 16.2. The summed E-state index contributed by atoms with van der Waals surface area (Å²) in [5.41, 5.74) is 3.58. The van der Waals surface area contributed by atoms with Crippen LogP contribution in [0.15, 0.2) is 59.5 Å². The summed E-state index contributed by atoms with van der Waals surface area (Å²) < 4.78 is 3.48. The molecule has 1 amide bonds. The zero-order valence-electron chi connectivity index (χ0n) is 17.9. The molecule has 1 saturated heterocycles. The van der Waals surface area contributed by atoms with Crippen molar-refractivity contribution in [3.05, 3.63) is 81.9 Å². The molecule has 0 radical (unpaired) electrons. The highest BCUT2D eigenvalue weighted by molar-refractivity contribution is 5.98. The molecular weight excluding hydrogens is 388 g/mol. The SMILES string of the molecule is Cc1ccc2nc3c(cc(C(=O)N4CCCC[C@@H]4C)n3Cc3ccccc3)c(=O)n2c1. The van der Waals surface area contributed by atoms with Gasteiger partial charge in [-0.05, 0) is 56.4 Å². The quantitative estimate of drug-likeness (QED) is 0.509. The maximum atomic E-state index is 13.6. The van der Waals surface area contributed by atoms with Gasteiger partial charge in [-0.2, -0.15) is 0 Å². The van der Waals surface area contributed by atoms with Crippen LogP contribution in [0.2, 0.25) is 0 Å². The van der Waals surface area contributed by atoms with E-state index in [0.717, 1.165) is 36.9 Å². The highest BCUT2D eigenvalue weighted by Crippen LogP contribution is 2.24. The van der Waals surface area contributed by atoms with Crippen molar-refractivity contribution in [2.75, 3.05) is 6.54 Å². The molecule has 0 spiro atoms. The molecule has 3 aromatic heterocycles. The molecule has 0 saturated carbocycles. The Morgan fingerprint density at radius 3 is 2.71 bits per heavy atom. The average molecular weight is 415 g/mol. The van der Waals surface area contributed by atoms with E-state index in [1.54, 1.807) is 16.7 Å². The summed E-state index contributed by atoms with van der Waals surface area (Å²) in [5, 5.41) is 0.479. The summed E-state index contributed by atoms with van der Waals surface area (Å²) in [4.78, 5) is 33.7. The Labute approximate surface area is 180 Å². The van der Waals surface area contributed by atoms with E-state index in [1.165, 1.54) is 0 Å². The Balaban J connectivity index is 1.73. The molecule has 0 N–H and O–H groups in total. The molecule has 4 heterocycles. The molecule has 6 heteroatoms. The predicted molar refractivity (Wildman–Crippen MR) is 122 cm³/mol. The van der Waals surface area contributed by atoms with Gasteiger partial charge in [0.2, 0.25) is 0 Å². The first-order valence-corrected chi connectivity index (χ1v) is 10.9. The number of aryl methyl sites for hydroxylation is 1. The molecule has 1 fully saturated rings. The minimum atomic E-state index is -0.142. The largest absolute Gasteiger partial charge is 0.335 e. The third kappa shape index (κ3) is 3.42. The number of amides is 1. The minimum absolute atomic E-state index is 0.0224. The first-order valence-electron chi connectivity index (χ1n) is 10.9. The van der Waals surface area contributed by atoms with Gasteiger partial charge in [-0.3, -0.25) is 14.0 Å². The Morgan fingerprint density at radius 1 is 1.13 bits per heavy atom. The second-order valence-corrected chi connectivity index (χ2v) is 8.53. The Hall–Kier alpha value is -3.41. The summed E-state index contributed by atoms with van der Waals surface area (Å²) in [7, 11) is 0. The van der Waals surface area contributed by atoms with Crippen LogP contribution in [0.1, 0.15) is 47.8 Å². The number of hydrogen-bond donors (Lipinski definition) is 0. The molecule has 4 aromatic rings. The van der Waals surface area contributed by atoms with Crippen LogP contribution in [0.25, 0.3) is 16.7 Å². The maximum absolute atomic E-state index is 13.6. The minimum Gasteiger partial charge on any atom is -0.335 e. The number of fused-ring (bicyclic) bond motifs is 2. The fourth-order valence-electron chi connectivity index (χ4n) is 4.56. The molecule has 0 unspecified atom stereocenters. The number of hydrogen-bond acceptors (Lipinski definition) is 3. The topological polar surface area (TPSA) is 59.6 Å². The number of likely N-dealkylation sites (tertiary alicyclic amines) is 1. The fraction of sp³-hybridized carbons (Fsp3) is 0.320. The molecule has 1 aliphatic rings. The van der Waals surface area contributed by atoms with Crippen LogP contribution in [-0.4, -0.2) is 37.3 Å². The van der Waals surface area contributed by atoms with E-state index in [1.807, 2.05) is 58.9 Å². The molecule has 0 aliphatic carbocycles. The monoisotopic (exact) mass is 414 g/mol.